The van der Waals surface area contributed by atoms with Crippen molar-refractivity contribution in [3.05, 3.63) is 33.9 Å². The number of non-ortho nitro benzene ring substituents is 1. The third-order valence-corrected chi connectivity index (χ3v) is 4.83. The molecule has 2 N–H and O–H groups in total. The number of nitrogens with one attached hydrogen (secondary N) is 1. The van der Waals surface area contributed by atoms with Gasteiger partial charge in [0, 0.05) is 37.9 Å². The van der Waals surface area contributed by atoms with Crippen LogP contribution in [0, 0.1) is 16.0 Å². The molecule has 1 aromatic carbocycles. The molecule has 2 aliphatic rings. The molecule has 0 unspecified atom stereocenters. The van der Waals surface area contributed by atoms with Gasteiger partial charge in [-0.3, -0.25) is 14.9 Å². The average Bonchev–Trinajstić information content (AvgIpc) is 3.28. The lowest BCUT2D eigenvalue weighted by molar-refractivity contribution is -0.384. The van der Waals surface area contributed by atoms with E-state index < -0.39 is 4.92 Å². The maximum atomic E-state index is 12.8. The molecule has 1 atom stereocenters. The molecule has 7 heteroatoms. The first-order valence-electron chi connectivity index (χ1n) is 8.55. The van der Waals surface area contributed by atoms with Gasteiger partial charge in [-0.25, -0.2) is 0 Å². The number of hydrogen-bond donors (Lipinski definition) is 2. The Bertz CT molecular complexity index is 624. The van der Waals surface area contributed by atoms with E-state index >= 15 is 0 Å². The number of benzene rings is 1. The van der Waals surface area contributed by atoms with Crippen LogP contribution in [0.4, 0.5) is 11.4 Å². The standard InChI is InChI=1S/C17H23N3O4/c21-10-7-15(12-3-4-12)18-17(22)14-11-13(20(23)24)5-6-16(14)19-8-1-2-9-19/h5-6,11-12,15,21H,1-4,7-10H2,(H,18,22)/t15-/m0/s1. The van der Waals surface area contributed by atoms with Gasteiger partial charge in [0.15, 0.2) is 0 Å². The van der Waals surface area contributed by atoms with Crippen molar-refractivity contribution < 1.29 is 14.8 Å². The van der Waals surface area contributed by atoms with E-state index in [1.165, 1.54) is 12.1 Å². The molecular formula is C17H23N3O4. The lowest BCUT2D eigenvalue weighted by atomic mass is 10.1. The van der Waals surface area contributed by atoms with E-state index in [4.69, 9.17) is 0 Å². The summed E-state index contributed by atoms with van der Waals surface area (Å²) >= 11 is 0. The van der Waals surface area contributed by atoms with E-state index in [1.54, 1.807) is 6.07 Å². The third-order valence-electron chi connectivity index (χ3n) is 4.83. The maximum Gasteiger partial charge on any atom is 0.270 e. The number of aliphatic hydroxyl groups is 1. The van der Waals surface area contributed by atoms with Crippen LogP contribution in [0.5, 0.6) is 0 Å². The number of carbonyl (C=O) groups is 1. The fraction of sp³-hybridized carbons (Fsp3) is 0.588. The number of nitro groups is 1. The summed E-state index contributed by atoms with van der Waals surface area (Å²) in [6, 6.07) is 4.44. The first kappa shape index (κ1) is 16.7. The monoisotopic (exact) mass is 333 g/mol. The van der Waals surface area contributed by atoms with E-state index in [-0.39, 0.29) is 24.2 Å². The molecule has 24 heavy (non-hydrogen) atoms. The van der Waals surface area contributed by atoms with E-state index in [0.29, 0.717) is 17.9 Å². The molecule has 1 aliphatic heterocycles. The number of nitrogens with zero attached hydrogens (tertiary/aromatic N) is 2. The number of carbonyl (C=O) groups excluding carboxylic acids is 1. The summed E-state index contributed by atoms with van der Waals surface area (Å²) in [6.07, 6.45) is 4.75. The van der Waals surface area contributed by atoms with Crippen LogP contribution in [0.1, 0.15) is 42.5 Å². The molecule has 3 rings (SSSR count). The maximum absolute atomic E-state index is 12.8. The van der Waals surface area contributed by atoms with Crippen LogP contribution in [-0.4, -0.2) is 41.7 Å². The Labute approximate surface area is 140 Å². The van der Waals surface area contributed by atoms with E-state index in [9.17, 15) is 20.0 Å². The molecule has 0 bridgehead atoms. The van der Waals surface area contributed by atoms with Crippen LogP contribution in [0.15, 0.2) is 18.2 Å². The molecule has 1 amide bonds. The zero-order valence-corrected chi connectivity index (χ0v) is 13.6. The second-order valence-corrected chi connectivity index (χ2v) is 6.58. The van der Waals surface area contributed by atoms with Gasteiger partial charge in [0.25, 0.3) is 11.6 Å². The van der Waals surface area contributed by atoms with E-state index in [1.807, 2.05) is 0 Å². The Hall–Kier alpha value is -2.15. The summed E-state index contributed by atoms with van der Waals surface area (Å²) in [7, 11) is 0. The fourth-order valence-electron chi connectivity index (χ4n) is 3.36. The van der Waals surface area contributed by atoms with Gasteiger partial charge in [0.2, 0.25) is 0 Å². The van der Waals surface area contributed by atoms with Crippen molar-refractivity contribution in [3.8, 4) is 0 Å². The van der Waals surface area contributed by atoms with E-state index in [0.717, 1.165) is 44.5 Å². The van der Waals surface area contributed by atoms with Crippen LogP contribution < -0.4 is 10.2 Å². The first-order valence-corrected chi connectivity index (χ1v) is 8.55. The van der Waals surface area contributed by atoms with Gasteiger partial charge in [-0.2, -0.15) is 0 Å². The highest BCUT2D eigenvalue weighted by atomic mass is 16.6. The highest BCUT2D eigenvalue weighted by Crippen LogP contribution is 2.35. The van der Waals surface area contributed by atoms with Crippen molar-refractivity contribution in [1.82, 2.24) is 5.32 Å². The molecule has 0 spiro atoms. The smallest absolute Gasteiger partial charge is 0.270 e. The molecule has 1 aliphatic carbocycles. The van der Waals surface area contributed by atoms with E-state index in [2.05, 4.69) is 10.2 Å². The minimum absolute atomic E-state index is 0.0232. The van der Waals surface area contributed by atoms with Crippen molar-refractivity contribution in [3.63, 3.8) is 0 Å². The number of amides is 1. The van der Waals surface area contributed by atoms with Gasteiger partial charge in [0.1, 0.15) is 0 Å². The zero-order valence-electron chi connectivity index (χ0n) is 13.6. The minimum atomic E-state index is -0.476. The normalized spacial score (nSPS) is 18.5. The molecule has 0 aromatic heterocycles. The quantitative estimate of drug-likeness (QED) is 0.588. The predicted molar refractivity (Wildman–Crippen MR) is 90.2 cm³/mol. The van der Waals surface area contributed by atoms with Crippen molar-refractivity contribution in [1.29, 1.82) is 0 Å². The Balaban J connectivity index is 1.86. The van der Waals surface area contributed by atoms with Gasteiger partial charge in [-0.05, 0) is 44.1 Å². The fourth-order valence-corrected chi connectivity index (χ4v) is 3.36. The topological polar surface area (TPSA) is 95.7 Å². The zero-order chi connectivity index (χ0) is 17.1. The first-order chi connectivity index (χ1) is 11.6. The highest BCUT2D eigenvalue weighted by molar-refractivity contribution is 6.00. The highest BCUT2D eigenvalue weighted by Gasteiger charge is 2.33. The molecule has 0 radical (unpaired) electrons. The lowest BCUT2D eigenvalue weighted by Crippen LogP contribution is -2.38. The Kier molecular flexibility index (Phi) is 4.99. The predicted octanol–water partition coefficient (Wildman–Crippen LogP) is 2.09. The van der Waals surface area contributed by atoms with Crippen LogP contribution >= 0.6 is 0 Å². The molecule has 1 aromatic rings. The SMILES string of the molecule is O=C(N[C@@H](CCO)C1CC1)c1cc([N+](=O)[O-])ccc1N1CCCC1. The number of anilines is 1. The van der Waals surface area contributed by atoms with Gasteiger partial charge >= 0.3 is 0 Å². The minimum Gasteiger partial charge on any atom is -0.396 e. The van der Waals surface area contributed by atoms with Crippen molar-refractivity contribution in [2.45, 2.75) is 38.1 Å². The second-order valence-electron chi connectivity index (χ2n) is 6.58. The molecule has 130 valence electrons. The van der Waals surface area contributed by atoms with Gasteiger partial charge in [-0.1, -0.05) is 0 Å². The van der Waals surface area contributed by atoms with Crippen molar-refractivity contribution >= 4 is 17.3 Å². The van der Waals surface area contributed by atoms with Crippen LogP contribution in [-0.2, 0) is 0 Å². The third kappa shape index (κ3) is 3.67. The van der Waals surface area contributed by atoms with Gasteiger partial charge in [-0.15, -0.1) is 0 Å². The second kappa shape index (κ2) is 7.17. The van der Waals surface area contributed by atoms with Crippen LogP contribution in [0.2, 0.25) is 0 Å². The summed E-state index contributed by atoms with van der Waals surface area (Å²) in [5, 5.41) is 23.2. The number of aliphatic hydroxyl groups excluding tert-OH is 1. The summed E-state index contributed by atoms with van der Waals surface area (Å²) in [5.74, 6) is 0.126. The molecule has 1 heterocycles. The number of nitro benzene ring substituents is 1. The van der Waals surface area contributed by atoms with Crippen LogP contribution in [0.25, 0.3) is 0 Å². The average molecular weight is 333 g/mol. The summed E-state index contributed by atoms with van der Waals surface area (Å²) < 4.78 is 0. The molecule has 1 saturated heterocycles. The largest absolute Gasteiger partial charge is 0.396 e. The Morgan fingerprint density at radius 3 is 2.67 bits per heavy atom. The van der Waals surface area contributed by atoms with Gasteiger partial charge < -0.3 is 15.3 Å². The van der Waals surface area contributed by atoms with Crippen LogP contribution in [0.3, 0.4) is 0 Å². The number of hydrogen-bond acceptors (Lipinski definition) is 5. The lowest BCUT2D eigenvalue weighted by Gasteiger charge is -2.23. The Morgan fingerprint density at radius 2 is 2.08 bits per heavy atom. The van der Waals surface area contributed by atoms with Crippen molar-refractivity contribution in [2.75, 3.05) is 24.6 Å². The molecule has 2 fully saturated rings. The molecule has 1 saturated carbocycles. The van der Waals surface area contributed by atoms with Gasteiger partial charge in [0.05, 0.1) is 16.2 Å². The summed E-state index contributed by atoms with van der Waals surface area (Å²) in [5.41, 5.74) is 1.04. The summed E-state index contributed by atoms with van der Waals surface area (Å²) in [6.45, 7) is 1.75. The summed E-state index contributed by atoms with van der Waals surface area (Å²) in [4.78, 5) is 25.5. The molecular weight excluding hydrogens is 310 g/mol. The van der Waals surface area contributed by atoms with Crippen molar-refractivity contribution in [2.24, 2.45) is 5.92 Å². The molecule has 7 nitrogen and oxygen atoms in total. The number of rotatable bonds is 7. The Morgan fingerprint density at radius 1 is 1.38 bits per heavy atom.